The van der Waals surface area contributed by atoms with Crippen molar-refractivity contribution in [3.05, 3.63) is 0 Å². The summed E-state index contributed by atoms with van der Waals surface area (Å²) in [6.45, 7) is 0.0578. The molecule has 0 aromatic rings. The summed E-state index contributed by atoms with van der Waals surface area (Å²) in [5.74, 6) is -0.755. The van der Waals surface area contributed by atoms with Crippen molar-refractivity contribution in [2.24, 2.45) is 4.99 Å². The average molecular weight is 127 g/mol. The topological polar surface area (TPSA) is 70.6 Å². The first-order valence-corrected chi connectivity index (χ1v) is 2.39. The molecule has 48 valence electrons. The molecule has 0 spiro atoms. The van der Waals surface area contributed by atoms with E-state index in [0.29, 0.717) is 0 Å². The van der Waals surface area contributed by atoms with Gasteiger partial charge in [-0.2, -0.15) is 0 Å². The maximum absolute atomic E-state index is 10.4. The quantitative estimate of drug-likeness (QED) is 0.404. The summed E-state index contributed by atoms with van der Waals surface area (Å²) < 4.78 is 0. The molecule has 0 aromatic heterocycles. The van der Waals surface area contributed by atoms with Gasteiger partial charge in [0, 0.05) is 0 Å². The van der Waals surface area contributed by atoms with Gasteiger partial charge in [0.2, 0.25) is 0 Å². The summed E-state index contributed by atoms with van der Waals surface area (Å²) >= 11 is 0. The van der Waals surface area contributed by atoms with Crippen molar-refractivity contribution in [2.75, 3.05) is 6.54 Å². The van der Waals surface area contributed by atoms with Crippen LogP contribution in [-0.2, 0) is 9.59 Å². The van der Waals surface area contributed by atoms with Crippen LogP contribution in [0.25, 0.3) is 0 Å². The van der Waals surface area contributed by atoms with Gasteiger partial charge < -0.3 is 0 Å². The molecule has 0 saturated heterocycles. The molecule has 0 aromatic carbocycles. The van der Waals surface area contributed by atoms with E-state index in [0.717, 1.165) is 6.21 Å². The highest BCUT2D eigenvalue weighted by Gasteiger charge is 2.04. The molecule has 1 heterocycles. The van der Waals surface area contributed by atoms with Crippen LogP contribution in [0.5, 0.6) is 0 Å². The molecule has 0 radical (unpaired) electrons. The lowest BCUT2D eigenvalue weighted by Gasteiger charge is -1.94. The third kappa shape index (κ3) is 1.61. The number of aliphatic imine (C=N–C) groups is 1. The summed E-state index contributed by atoms with van der Waals surface area (Å²) in [5, 5.41) is 0. The van der Waals surface area contributed by atoms with Crippen molar-refractivity contribution in [1.82, 2.24) is 10.9 Å². The van der Waals surface area contributed by atoms with E-state index >= 15 is 0 Å². The fraction of sp³-hybridized carbons (Fsp3) is 0.250. The van der Waals surface area contributed by atoms with E-state index in [2.05, 4.69) is 15.8 Å². The summed E-state index contributed by atoms with van der Waals surface area (Å²) in [4.78, 5) is 24.0. The Bertz CT molecular complexity index is 157. The van der Waals surface area contributed by atoms with Gasteiger partial charge in [-0.3, -0.25) is 15.0 Å². The molecule has 1 aliphatic rings. The van der Waals surface area contributed by atoms with Crippen LogP contribution in [0.4, 0.5) is 0 Å². The SMILES string of the molecule is O=C1CNNC(=O)C=N1. The highest BCUT2D eigenvalue weighted by Crippen LogP contribution is 1.73. The zero-order valence-electron chi connectivity index (χ0n) is 4.55. The number of hydrazine groups is 1. The lowest BCUT2D eigenvalue weighted by atomic mass is 10.6. The smallest absolute Gasteiger partial charge is 0.276 e. The number of amides is 2. The Morgan fingerprint density at radius 1 is 1.56 bits per heavy atom. The molecule has 0 aliphatic carbocycles. The van der Waals surface area contributed by atoms with E-state index in [1.54, 1.807) is 0 Å². The van der Waals surface area contributed by atoms with Crippen molar-refractivity contribution in [1.29, 1.82) is 0 Å². The third-order valence-corrected chi connectivity index (χ3v) is 0.777. The van der Waals surface area contributed by atoms with E-state index < -0.39 is 5.91 Å². The normalized spacial score (nSPS) is 19.1. The minimum atomic E-state index is -0.402. The molecule has 0 atom stereocenters. The number of rotatable bonds is 0. The van der Waals surface area contributed by atoms with Gasteiger partial charge in [0.25, 0.3) is 11.8 Å². The van der Waals surface area contributed by atoms with Gasteiger partial charge in [-0.1, -0.05) is 0 Å². The molecule has 9 heavy (non-hydrogen) atoms. The Kier molecular flexibility index (Phi) is 1.55. The Morgan fingerprint density at radius 2 is 2.33 bits per heavy atom. The second kappa shape index (κ2) is 2.36. The van der Waals surface area contributed by atoms with E-state index in [1.165, 1.54) is 0 Å². The minimum Gasteiger partial charge on any atom is -0.286 e. The number of hydrogen-bond donors (Lipinski definition) is 2. The monoisotopic (exact) mass is 127 g/mol. The van der Waals surface area contributed by atoms with E-state index in [1.807, 2.05) is 0 Å². The molecular weight excluding hydrogens is 122 g/mol. The van der Waals surface area contributed by atoms with Crippen LogP contribution in [0.2, 0.25) is 0 Å². The summed E-state index contributed by atoms with van der Waals surface area (Å²) in [6, 6.07) is 0. The van der Waals surface area contributed by atoms with Crippen LogP contribution in [0.1, 0.15) is 0 Å². The maximum atomic E-state index is 10.4. The van der Waals surface area contributed by atoms with Gasteiger partial charge in [0.15, 0.2) is 0 Å². The molecular formula is C4H5N3O2. The Hall–Kier alpha value is -1.23. The maximum Gasteiger partial charge on any atom is 0.276 e. The van der Waals surface area contributed by atoms with Crippen molar-refractivity contribution in [3.63, 3.8) is 0 Å². The van der Waals surface area contributed by atoms with E-state index in [9.17, 15) is 9.59 Å². The molecule has 1 rings (SSSR count). The first-order chi connectivity index (χ1) is 4.29. The zero-order valence-corrected chi connectivity index (χ0v) is 4.55. The van der Waals surface area contributed by atoms with Crippen molar-refractivity contribution >= 4 is 18.0 Å². The van der Waals surface area contributed by atoms with Gasteiger partial charge in [-0.15, -0.1) is 0 Å². The van der Waals surface area contributed by atoms with Gasteiger partial charge >= 0.3 is 0 Å². The number of nitrogens with zero attached hydrogens (tertiary/aromatic N) is 1. The molecule has 2 N–H and O–H groups in total. The molecule has 5 heteroatoms. The molecule has 1 aliphatic heterocycles. The number of nitrogens with one attached hydrogen (secondary N) is 2. The predicted octanol–water partition coefficient (Wildman–Crippen LogP) is -1.78. The highest BCUT2D eigenvalue weighted by atomic mass is 16.2. The Morgan fingerprint density at radius 3 is 3.11 bits per heavy atom. The Balaban J connectivity index is 2.63. The second-order valence-electron chi connectivity index (χ2n) is 1.49. The van der Waals surface area contributed by atoms with Gasteiger partial charge in [0.1, 0.15) is 0 Å². The molecule has 0 unspecified atom stereocenters. The molecule has 5 nitrogen and oxygen atoms in total. The largest absolute Gasteiger partial charge is 0.286 e. The van der Waals surface area contributed by atoms with Crippen LogP contribution in [0.3, 0.4) is 0 Å². The van der Waals surface area contributed by atoms with Crippen molar-refractivity contribution in [3.8, 4) is 0 Å². The first-order valence-electron chi connectivity index (χ1n) is 2.39. The van der Waals surface area contributed by atoms with Crippen LogP contribution in [0, 0.1) is 0 Å². The third-order valence-electron chi connectivity index (χ3n) is 0.777. The molecule has 2 amide bonds. The highest BCUT2D eigenvalue weighted by molar-refractivity contribution is 6.28. The second-order valence-corrected chi connectivity index (χ2v) is 1.49. The molecule has 0 saturated carbocycles. The lowest BCUT2D eigenvalue weighted by molar-refractivity contribution is -0.117. The van der Waals surface area contributed by atoms with Gasteiger partial charge in [0.05, 0.1) is 12.8 Å². The summed E-state index contributed by atoms with van der Waals surface area (Å²) in [6.07, 6.45) is 0.947. The van der Waals surface area contributed by atoms with Gasteiger partial charge in [-0.25, -0.2) is 10.4 Å². The number of hydrogen-bond acceptors (Lipinski definition) is 3. The van der Waals surface area contributed by atoms with Crippen molar-refractivity contribution in [2.45, 2.75) is 0 Å². The molecule has 0 fully saturated rings. The fourth-order valence-electron chi connectivity index (χ4n) is 0.415. The van der Waals surface area contributed by atoms with Crippen LogP contribution in [0.15, 0.2) is 4.99 Å². The predicted molar refractivity (Wildman–Crippen MR) is 29.6 cm³/mol. The lowest BCUT2D eigenvalue weighted by Crippen LogP contribution is -2.38. The first kappa shape index (κ1) is 5.90. The van der Waals surface area contributed by atoms with E-state index in [-0.39, 0.29) is 12.5 Å². The van der Waals surface area contributed by atoms with E-state index in [4.69, 9.17) is 0 Å². The number of carbonyl (C=O) groups is 2. The van der Waals surface area contributed by atoms with Crippen LogP contribution in [-0.4, -0.2) is 24.6 Å². The average Bonchev–Trinajstić information content (AvgIpc) is 1.97. The van der Waals surface area contributed by atoms with Crippen molar-refractivity contribution < 1.29 is 9.59 Å². The summed E-state index contributed by atoms with van der Waals surface area (Å²) in [7, 11) is 0. The zero-order chi connectivity index (χ0) is 6.69. The van der Waals surface area contributed by atoms with Crippen LogP contribution >= 0.6 is 0 Å². The Labute approximate surface area is 51.1 Å². The molecule has 0 bridgehead atoms. The fourth-order valence-corrected chi connectivity index (χ4v) is 0.415. The summed E-state index contributed by atoms with van der Waals surface area (Å²) in [5.41, 5.74) is 4.59. The number of carbonyl (C=O) groups excluding carboxylic acids is 2. The standard InChI is InChI=1S/C4H5N3O2/c8-3-2-6-7-4(9)1-5-3/h1,6H,2H2,(H,7,9). The van der Waals surface area contributed by atoms with Gasteiger partial charge in [-0.05, 0) is 0 Å². The van der Waals surface area contributed by atoms with Crippen LogP contribution < -0.4 is 10.9 Å². The minimum absolute atomic E-state index is 0.0578.